The maximum atomic E-state index is 12.4. The van der Waals surface area contributed by atoms with Crippen LogP contribution in [0.4, 0.5) is 0 Å². The van der Waals surface area contributed by atoms with Gasteiger partial charge < -0.3 is 10.1 Å². The first-order valence-electron chi connectivity index (χ1n) is 6.69. The highest BCUT2D eigenvalue weighted by atomic mass is 32.2. The lowest BCUT2D eigenvalue weighted by Gasteiger charge is -2.25. The van der Waals surface area contributed by atoms with Gasteiger partial charge in [-0.05, 0) is 37.8 Å². The Bertz CT molecular complexity index is 702. The molecule has 0 unspecified atom stereocenters. The molecule has 1 saturated carbocycles. The summed E-state index contributed by atoms with van der Waals surface area (Å²) in [7, 11) is -3.56. The maximum Gasteiger partial charge on any atom is 0.243 e. The van der Waals surface area contributed by atoms with Gasteiger partial charge in [-0.2, -0.15) is 0 Å². The molecule has 0 bridgehead atoms. The molecule has 2 aromatic rings. The number of aliphatic hydroxyl groups is 1. The Morgan fingerprint density at radius 3 is 2.80 bits per heavy atom. The molecule has 0 saturated heterocycles. The lowest BCUT2D eigenvalue weighted by molar-refractivity contribution is 0.120. The summed E-state index contributed by atoms with van der Waals surface area (Å²) in [5, 5.41) is 10.1. The minimum absolute atomic E-state index is 0.106. The van der Waals surface area contributed by atoms with Crippen molar-refractivity contribution in [3.63, 3.8) is 0 Å². The molecular formula is C13H17N3O3S. The first kappa shape index (κ1) is 13.5. The van der Waals surface area contributed by atoms with Crippen molar-refractivity contribution in [3.05, 3.63) is 24.5 Å². The Labute approximate surface area is 117 Å². The van der Waals surface area contributed by atoms with Gasteiger partial charge in [0.2, 0.25) is 10.0 Å². The van der Waals surface area contributed by atoms with Crippen molar-refractivity contribution in [1.82, 2.24) is 14.7 Å². The lowest BCUT2D eigenvalue weighted by Crippen LogP contribution is -2.38. The molecule has 3 N–H and O–H groups in total. The van der Waals surface area contributed by atoms with Crippen LogP contribution in [0.2, 0.25) is 0 Å². The van der Waals surface area contributed by atoms with Crippen LogP contribution in [0.5, 0.6) is 0 Å². The molecule has 6 nitrogen and oxygen atoms in total. The zero-order valence-corrected chi connectivity index (χ0v) is 11.7. The van der Waals surface area contributed by atoms with Gasteiger partial charge in [0, 0.05) is 23.8 Å². The van der Waals surface area contributed by atoms with E-state index < -0.39 is 10.0 Å². The van der Waals surface area contributed by atoms with Crippen molar-refractivity contribution in [1.29, 1.82) is 0 Å². The van der Waals surface area contributed by atoms with E-state index in [9.17, 15) is 13.5 Å². The smallest absolute Gasteiger partial charge is 0.243 e. The van der Waals surface area contributed by atoms with Gasteiger partial charge in [-0.25, -0.2) is 18.1 Å². The van der Waals surface area contributed by atoms with Crippen LogP contribution in [0.15, 0.2) is 29.4 Å². The van der Waals surface area contributed by atoms with Crippen LogP contribution in [0.25, 0.3) is 11.0 Å². The summed E-state index contributed by atoms with van der Waals surface area (Å²) in [6.07, 6.45) is 5.41. The fourth-order valence-corrected chi connectivity index (χ4v) is 4.10. The Morgan fingerprint density at radius 2 is 2.05 bits per heavy atom. The average Bonchev–Trinajstić information content (AvgIpc) is 2.86. The number of nitrogens with one attached hydrogen (secondary N) is 2. The summed E-state index contributed by atoms with van der Waals surface area (Å²) in [4.78, 5) is 7.19. The molecule has 2 aromatic heterocycles. The molecule has 20 heavy (non-hydrogen) atoms. The van der Waals surface area contributed by atoms with Gasteiger partial charge in [-0.15, -0.1) is 0 Å². The van der Waals surface area contributed by atoms with Crippen molar-refractivity contribution in [3.8, 4) is 0 Å². The van der Waals surface area contributed by atoms with Gasteiger partial charge in [0.1, 0.15) is 10.5 Å². The predicted molar refractivity (Wildman–Crippen MR) is 74.7 cm³/mol. The quantitative estimate of drug-likeness (QED) is 0.791. The summed E-state index contributed by atoms with van der Waals surface area (Å²) in [6, 6.07) is 3.34. The fraction of sp³-hybridized carbons (Fsp3) is 0.462. The Hall–Kier alpha value is -1.44. The summed E-state index contributed by atoms with van der Waals surface area (Å²) in [5.74, 6) is 0. The SMILES string of the molecule is O=S(=O)(NC1CCC(O)CC1)c1c[nH]c2ncccc12. The molecule has 0 radical (unpaired) electrons. The van der Waals surface area contributed by atoms with Crippen LogP contribution in [0.1, 0.15) is 25.7 Å². The van der Waals surface area contributed by atoms with Crippen LogP contribution >= 0.6 is 0 Å². The zero-order chi connectivity index (χ0) is 14.2. The van der Waals surface area contributed by atoms with E-state index in [0.29, 0.717) is 36.7 Å². The first-order valence-corrected chi connectivity index (χ1v) is 8.17. The van der Waals surface area contributed by atoms with Gasteiger partial charge in [-0.1, -0.05) is 0 Å². The van der Waals surface area contributed by atoms with Gasteiger partial charge in [0.05, 0.1) is 6.10 Å². The van der Waals surface area contributed by atoms with E-state index in [1.165, 1.54) is 6.20 Å². The van der Waals surface area contributed by atoms with Crippen LogP contribution in [0, 0.1) is 0 Å². The number of aliphatic hydroxyl groups excluding tert-OH is 1. The largest absolute Gasteiger partial charge is 0.393 e. The third kappa shape index (κ3) is 2.56. The second-order valence-corrected chi connectivity index (χ2v) is 6.86. The normalized spacial score (nSPS) is 24.1. The minimum atomic E-state index is -3.56. The van der Waals surface area contributed by atoms with Crippen molar-refractivity contribution in [2.24, 2.45) is 0 Å². The van der Waals surface area contributed by atoms with E-state index in [1.54, 1.807) is 18.3 Å². The van der Waals surface area contributed by atoms with Crippen molar-refractivity contribution < 1.29 is 13.5 Å². The highest BCUT2D eigenvalue weighted by Crippen LogP contribution is 2.24. The molecular weight excluding hydrogens is 278 g/mol. The summed E-state index contributed by atoms with van der Waals surface area (Å²) in [5.41, 5.74) is 0.562. The second-order valence-electron chi connectivity index (χ2n) is 5.18. The van der Waals surface area contributed by atoms with E-state index in [0.717, 1.165) is 0 Å². The van der Waals surface area contributed by atoms with E-state index in [1.807, 2.05) is 0 Å². The van der Waals surface area contributed by atoms with Gasteiger partial charge in [0.25, 0.3) is 0 Å². The Balaban J connectivity index is 1.85. The summed E-state index contributed by atoms with van der Waals surface area (Å²) >= 11 is 0. The van der Waals surface area contributed by atoms with E-state index in [4.69, 9.17) is 0 Å². The molecule has 0 aromatic carbocycles. The van der Waals surface area contributed by atoms with Crippen molar-refractivity contribution in [2.75, 3.05) is 0 Å². The molecule has 0 amide bonds. The lowest BCUT2D eigenvalue weighted by atomic mass is 9.94. The Kier molecular flexibility index (Phi) is 3.49. The van der Waals surface area contributed by atoms with Crippen LogP contribution in [-0.2, 0) is 10.0 Å². The fourth-order valence-electron chi connectivity index (χ4n) is 2.63. The zero-order valence-electron chi connectivity index (χ0n) is 10.9. The molecule has 1 aliphatic rings. The number of nitrogens with zero attached hydrogens (tertiary/aromatic N) is 1. The number of aromatic amines is 1. The van der Waals surface area contributed by atoms with E-state index in [-0.39, 0.29) is 17.0 Å². The molecule has 108 valence electrons. The molecule has 0 spiro atoms. The maximum absolute atomic E-state index is 12.4. The van der Waals surface area contributed by atoms with Crippen LogP contribution < -0.4 is 4.72 Å². The van der Waals surface area contributed by atoms with Crippen molar-refractivity contribution >= 4 is 21.1 Å². The average molecular weight is 295 g/mol. The first-order chi connectivity index (χ1) is 9.56. The monoisotopic (exact) mass is 295 g/mol. The number of H-pyrrole nitrogens is 1. The topological polar surface area (TPSA) is 95.1 Å². The van der Waals surface area contributed by atoms with E-state index in [2.05, 4.69) is 14.7 Å². The number of hydrogen-bond donors (Lipinski definition) is 3. The minimum Gasteiger partial charge on any atom is -0.393 e. The number of fused-ring (bicyclic) bond motifs is 1. The third-order valence-corrected chi connectivity index (χ3v) is 5.28. The molecule has 1 aliphatic carbocycles. The molecule has 1 fully saturated rings. The molecule has 0 aliphatic heterocycles. The Morgan fingerprint density at radius 1 is 1.30 bits per heavy atom. The second kappa shape index (κ2) is 5.16. The molecule has 0 atom stereocenters. The molecule has 7 heteroatoms. The predicted octanol–water partition coefficient (Wildman–Crippen LogP) is 1.14. The van der Waals surface area contributed by atoms with Gasteiger partial charge in [0.15, 0.2) is 0 Å². The number of rotatable bonds is 3. The van der Waals surface area contributed by atoms with Crippen LogP contribution in [0.3, 0.4) is 0 Å². The highest BCUT2D eigenvalue weighted by molar-refractivity contribution is 7.89. The van der Waals surface area contributed by atoms with E-state index >= 15 is 0 Å². The van der Waals surface area contributed by atoms with Crippen molar-refractivity contribution in [2.45, 2.75) is 42.7 Å². The molecule has 2 heterocycles. The van der Waals surface area contributed by atoms with Crippen LogP contribution in [-0.4, -0.2) is 35.6 Å². The highest BCUT2D eigenvalue weighted by Gasteiger charge is 2.26. The molecule has 3 rings (SSSR count). The van der Waals surface area contributed by atoms with Gasteiger partial charge in [-0.3, -0.25) is 0 Å². The number of sulfonamides is 1. The van der Waals surface area contributed by atoms with Gasteiger partial charge >= 0.3 is 0 Å². The summed E-state index contributed by atoms with van der Waals surface area (Å²) < 4.78 is 27.6. The number of aromatic nitrogens is 2. The third-order valence-electron chi connectivity index (χ3n) is 3.72. The summed E-state index contributed by atoms with van der Waals surface area (Å²) in [6.45, 7) is 0. The standard InChI is InChI=1S/C13H17N3O3S/c17-10-5-3-9(4-6-10)16-20(18,19)12-8-15-13-11(12)2-1-7-14-13/h1-2,7-10,16-17H,3-6H2,(H,14,15). The number of pyridine rings is 1. The number of hydrogen-bond acceptors (Lipinski definition) is 4.